The van der Waals surface area contributed by atoms with Gasteiger partial charge in [-0.1, -0.05) is 24.3 Å². The Balaban J connectivity index is 2.02. The standard InChI is InChI=1S/C13H12N2O3S/c1-17-11-6-5-9-3-2-4-10(12(9)8-11)7-13-14-18-19(16)15-13/h2-6,8H,7H2,1H3,(H,14,15). The first-order valence-electron chi connectivity index (χ1n) is 5.75. The SMILES string of the molecule is COc1ccc2cccc(CC3=NS(=O)ON3)c2c1. The van der Waals surface area contributed by atoms with Gasteiger partial charge in [0.25, 0.3) is 0 Å². The van der Waals surface area contributed by atoms with Crippen LogP contribution in [0.3, 0.4) is 0 Å². The Labute approximate surface area is 113 Å². The minimum absolute atomic E-state index is 0.538. The summed E-state index contributed by atoms with van der Waals surface area (Å²) in [6.07, 6.45) is 0.538. The summed E-state index contributed by atoms with van der Waals surface area (Å²) >= 11 is -1.61. The Morgan fingerprint density at radius 1 is 1.37 bits per heavy atom. The molecule has 0 amide bonds. The van der Waals surface area contributed by atoms with Gasteiger partial charge in [-0.15, -0.1) is 4.40 Å². The van der Waals surface area contributed by atoms with E-state index in [-0.39, 0.29) is 0 Å². The maximum Gasteiger partial charge on any atom is 0.309 e. The third-order valence-electron chi connectivity index (χ3n) is 2.95. The molecule has 2 aromatic carbocycles. The fourth-order valence-corrected chi connectivity index (χ4v) is 2.54. The molecule has 0 spiro atoms. The molecule has 2 aromatic rings. The number of fused-ring (bicyclic) bond motifs is 1. The quantitative estimate of drug-likeness (QED) is 0.930. The van der Waals surface area contributed by atoms with Crippen molar-refractivity contribution in [1.29, 1.82) is 0 Å². The van der Waals surface area contributed by atoms with Crippen LogP contribution in [0.2, 0.25) is 0 Å². The van der Waals surface area contributed by atoms with Crippen molar-refractivity contribution in [2.75, 3.05) is 7.11 Å². The summed E-state index contributed by atoms with van der Waals surface area (Å²) in [5.74, 6) is 1.37. The predicted octanol–water partition coefficient (Wildman–Crippen LogP) is 1.90. The zero-order valence-corrected chi connectivity index (χ0v) is 11.1. The van der Waals surface area contributed by atoms with E-state index >= 15 is 0 Å². The number of hydrogen-bond donors (Lipinski definition) is 1. The highest BCUT2D eigenvalue weighted by atomic mass is 32.2. The maximum absolute atomic E-state index is 11.0. The molecule has 0 saturated heterocycles. The molecule has 1 N–H and O–H groups in total. The van der Waals surface area contributed by atoms with Crippen molar-refractivity contribution in [2.24, 2.45) is 4.40 Å². The number of hydroxylamine groups is 1. The van der Waals surface area contributed by atoms with Crippen LogP contribution in [0.25, 0.3) is 10.8 Å². The number of methoxy groups -OCH3 is 1. The molecule has 1 atom stereocenters. The second kappa shape index (κ2) is 4.99. The number of nitrogens with zero attached hydrogens (tertiary/aromatic N) is 1. The van der Waals surface area contributed by atoms with Crippen molar-refractivity contribution in [2.45, 2.75) is 6.42 Å². The summed E-state index contributed by atoms with van der Waals surface area (Å²) in [6.45, 7) is 0. The fourth-order valence-electron chi connectivity index (χ4n) is 2.06. The first-order valence-corrected chi connectivity index (χ1v) is 6.78. The summed E-state index contributed by atoms with van der Waals surface area (Å²) in [4.78, 5) is 0. The lowest BCUT2D eigenvalue weighted by Gasteiger charge is -2.08. The van der Waals surface area contributed by atoms with Crippen LogP contribution in [0.5, 0.6) is 5.75 Å². The molecule has 1 aliphatic rings. The van der Waals surface area contributed by atoms with E-state index in [1.54, 1.807) is 7.11 Å². The monoisotopic (exact) mass is 276 g/mol. The summed E-state index contributed by atoms with van der Waals surface area (Å²) in [6, 6.07) is 11.9. The van der Waals surface area contributed by atoms with Gasteiger partial charge in [0.2, 0.25) is 0 Å². The molecule has 3 rings (SSSR count). The van der Waals surface area contributed by atoms with E-state index in [0.717, 1.165) is 22.1 Å². The van der Waals surface area contributed by atoms with Gasteiger partial charge in [-0.3, -0.25) is 0 Å². The summed E-state index contributed by atoms with van der Waals surface area (Å²) < 4.78 is 24.8. The van der Waals surface area contributed by atoms with E-state index in [1.165, 1.54) is 0 Å². The van der Waals surface area contributed by atoms with E-state index in [9.17, 15) is 4.21 Å². The highest BCUT2D eigenvalue weighted by molar-refractivity contribution is 7.79. The number of benzene rings is 2. The van der Waals surface area contributed by atoms with Crippen molar-refractivity contribution < 1.29 is 13.2 Å². The fraction of sp³-hybridized carbons (Fsp3) is 0.154. The van der Waals surface area contributed by atoms with Gasteiger partial charge in [0, 0.05) is 6.42 Å². The second-order valence-corrected chi connectivity index (χ2v) is 4.90. The second-order valence-electron chi connectivity index (χ2n) is 4.12. The smallest absolute Gasteiger partial charge is 0.309 e. The van der Waals surface area contributed by atoms with Crippen molar-refractivity contribution in [3.05, 3.63) is 42.0 Å². The van der Waals surface area contributed by atoms with Crippen molar-refractivity contribution in [3.8, 4) is 5.75 Å². The number of amidine groups is 1. The summed E-state index contributed by atoms with van der Waals surface area (Å²) in [5, 5.41) is 2.21. The highest BCUT2D eigenvalue weighted by Crippen LogP contribution is 2.24. The summed E-state index contributed by atoms with van der Waals surface area (Å²) in [5.41, 5.74) is 3.64. The Morgan fingerprint density at radius 3 is 3.00 bits per heavy atom. The number of nitrogens with one attached hydrogen (secondary N) is 1. The minimum Gasteiger partial charge on any atom is -0.497 e. The van der Waals surface area contributed by atoms with Gasteiger partial charge in [-0.25, -0.2) is 9.69 Å². The lowest BCUT2D eigenvalue weighted by molar-refractivity contribution is 0.303. The molecular formula is C13H12N2O3S. The zero-order valence-electron chi connectivity index (χ0n) is 10.3. The molecule has 1 heterocycles. The lowest BCUT2D eigenvalue weighted by atomic mass is 10.0. The summed E-state index contributed by atoms with van der Waals surface area (Å²) in [7, 11) is 1.64. The van der Waals surface area contributed by atoms with E-state index < -0.39 is 11.3 Å². The van der Waals surface area contributed by atoms with Crippen LogP contribution in [0.4, 0.5) is 0 Å². The molecule has 98 valence electrons. The molecule has 0 saturated carbocycles. The van der Waals surface area contributed by atoms with Gasteiger partial charge in [-0.05, 0) is 28.5 Å². The van der Waals surface area contributed by atoms with E-state index in [4.69, 9.17) is 4.74 Å². The highest BCUT2D eigenvalue weighted by Gasteiger charge is 2.14. The number of rotatable bonds is 3. The molecule has 1 unspecified atom stereocenters. The van der Waals surface area contributed by atoms with Gasteiger partial charge in [-0.2, -0.15) is 4.28 Å². The first kappa shape index (κ1) is 12.1. The molecule has 0 aliphatic carbocycles. The van der Waals surface area contributed by atoms with Gasteiger partial charge in [0.15, 0.2) is 0 Å². The van der Waals surface area contributed by atoms with Gasteiger partial charge in [0.1, 0.15) is 11.6 Å². The zero-order chi connectivity index (χ0) is 13.2. The third kappa shape index (κ3) is 2.45. The average molecular weight is 276 g/mol. The largest absolute Gasteiger partial charge is 0.497 e. The van der Waals surface area contributed by atoms with Crippen LogP contribution in [0, 0.1) is 0 Å². The molecule has 5 nitrogen and oxygen atoms in total. The van der Waals surface area contributed by atoms with Crippen LogP contribution in [-0.2, 0) is 22.0 Å². The molecule has 6 heteroatoms. The van der Waals surface area contributed by atoms with Gasteiger partial charge in [0.05, 0.1) is 7.11 Å². The van der Waals surface area contributed by atoms with Crippen molar-refractivity contribution in [1.82, 2.24) is 5.48 Å². The maximum atomic E-state index is 11.0. The molecule has 0 radical (unpaired) electrons. The Hall–Kier alpha value is -1.92. The van der Waals surface area contributed by atoms with E-state index in [2.05, 4.69) is 14.2 Å². The molecular weight excluding hydrogens is 264 g/mol. The number of ether oxygens (including phenoxy) is 1. The average Bonchev–Trinajstić information content (AvgIpc) is 2.84. The normalized spacial score (nSPS) is 18.2. The Morgan fingerprint density at radius 2 is 2.26 bits per heavy atom. The predicted molar refractivity (Wildman–Crippen MR) is 74.0 cm³/mol. The van der Waals surface area contributed by atoms with E-state index in [1.807, 2.05) is 36.4 Å². The molecule has 0 aromatic heterocycles. The van der Waals surface area contributed by atoms with Gasteiger partial charge < -0.3 is 4.74 Å². The van der Waals surface area contributed by atoms with E-state index in [0.29, 0.717) is 12.3 Å². The topological polar surface area (TPSA) is 59.9 Å². The molecule has 1 aliphatic heterocycles. The van der Waals surface area contributed by atoms with Crippen LogP contribution in [-0.4, -0.2) is 17.2 Å². The Kier molecular flexibility index (Phi) is 3.18. The van der Waals surface area contributed by atoms with Crippen molar-refractivity contribution >= 4 is 27.9 Å². The van der Waals surface area contributed by atoms with Crippen molar-refractivity contribution in [3.63, 3.8) is 0 Å². The molecule has 19 heavy (non-hydrogen) atoms. The molecule has 0 fully saturated rings. The lowest BCUT2D eigenvalue weighted by Crippen LogP contribution is -2.19. The van der Waals surface area contributed by atoms with Gasteiger partial charge >= 0.3 is 11.3 Å². The van der Waals surface area contributed by atoms with Crippen LogP contribution in [0.15, 0.2) is 40.8 Å². The first-order chi connectivity index (χ1) is 9.26. The minimum atomic E-state index is -1.61. The molecule has 0 bridgehead atoms. The number of hydrogen-bond acceptors (Lipinski definition) is 4. The van der Waals surface area contributed by atoms with Crippen LogP contribution < -0.4 is 10.2 Å². The Bertz CT molecular complexity index is 685. The van der Waals surface area contributed by atoms with Crippen LogP contribution in [0.1, 0.15) is 5.56 Å². The van der Waals surface area contributed by atoms with Crippen LogP contribution >= 0.6 is 0 Å². The third-order valence-corrected chi connectivity index (χ3v) is 3.55.